The molecule has 1 aliphatic heterocycles. The molecule has 1 heterocycles. The van der Waals surface area contributed by atoms with Crippen LogP contribution < -0.4 is 5.32 Å². The van der Waals surface area contributed by atoms with Crippen molar-refractivity contribution in [3.63, 3.8) is 0 Å². The largest absolute Gasteiger partial charge is 0.317 e. The second-order valence-electron chi connectivity index (χ2n) is 26.2. The van der Waals surface area contributed by atoms with Crippen molar-refractivity contribution >= 4 is 0 Å². The molecular formula is C61H95N. The number of rotatable bonds is 8. The van der Waals surface area contributed by atoms with Crippen LogP contribution in [0, 0.1) is 106 Å². The minimum absolute atomic E-state index is 0.570. The lowest BCUT2D eigenvalue weighted by molar-refractivity contribution is 0.0474. The molecule has 6 saturated carbocycles. The Kier molecular flexibility index (Phi) is 13.0. The monoisotopic (exact) mass is 842 g/mol. The molecule has 0 spiro atoms. The zero-order chi connectivity index (χ0) is 42.0. The summed E-state index contributed by atoms with van der Waals surface area (Å²) in [6.07, 6.45) is 50.4. The van der Waals surface area contributed by atoms with E-state index in [0.29, 0.717) is 5.41 Å². The van der Waals surface area contributed by atoms with Crippen LogP contribution in [0.15, 0.2) is 46.6 Å². The molecule has 11 aliphatic rings. The molecule has 1 saturated heterocycles. The summed E-state index contributed by atoms with van der Waals surface area (Å²) in [5.74, 6) is 15.9. The van der Waals surface area contributed by atoms with Crippen molar-refractivity contribution in [2.75, 3.05) is 13.1 Å². The Morgan fingerprint density at radius 3 is 2.06 bits per heavy atom. The van der Waals surface area contributed by atoms with Crippen LogP contribution >= 0.6 is 0 Å². The van der Waals surface area contributed by atoms with Crippen molar-refractivity contribution in [3.05, 3.63) is 46.6 Å². The molecule has 10 aliphatic carbocycles. The van der Waals surface area contributed by atoms with Crippen LogP contribution in [0.5, 0.6) is 0 Å². The topological polar surface area (TPSA) is 12.0 Å². The number of hydrogen-bond acceptors (Lipinski definition) is 1. The third-order valence-corrected chi connectivity index (χ3v) is 23.2. The molecule has 15 unspecified atom stereocenters. The average Bonchev–Trinajstić information content (AvgIpc) is 3.77. The fourth-order valence-corrected chi connectivity index (χ4v) is 20.3. The second-order valence-corrected chi connectivity index (χ2v) is 26.2. The van der Waals surface area contributed by atoms with Crippen molar-refractivity contribution in [1.82, 2.24) is 5.32 Å². The van der Waals surface area contributed by atoms with Gasteiger partial charge in [-0.25, -0.2) is 0 Å². The summed E-state index contributed by atoms with van der Waals surface area (Å²) in [6, 6.07) is 0. The molecule has 0 amide bonds. The van der Waals surface area contributed by atoms with E-state index in [1.54, 1.807) is 37.7 Å². The van der Waals surface area contributed by atoms with E-state index < -0.39 is 0 Å². The van der Waals surface area contributed by atoms with Crippen LogP contribution in [0.3, 0.4) is 0 Å². The SMILES string of the molecule is C=C(CC1CCC(C2=CCC3C(C2)C2=C(CCCC2)C3C2CC(C3CCCCC3)CC(C3CCNCC3)C2)=CC1C1CCCCC1C)C1CCC2C(C1)C1CCCCC1C2(C)C. The summed E-state index contributed by atoms with van der Waals surface area (Å²) in [6.45, 7) is 15.7. The molecule has 0 aromatic carbocycles. The van der Waals surface area contributed by atoms with Gasteiger partial charge in [0, 0.05) is 0 Å². The van der Waals surface area contributed by atoms with E-state index in [-0.39, 0.29) is 0 Å². The quantitative estimate of drug-likeness (QED) is 0.240. The van der Waals surface area contributed by atoms with Crippen molar-refractivity contribution in [3.8, 4) is 0 Å². The standard InChI is InChI=1S/C61H95N/c1-39-14-8-9-17-50(39)55-37-44(22-23-46(55)32-40(2)43-25-27-59-57(36-43)52-19-12-13-21-58(52)61(59,3)4)45-24-26-54-56(38-45)51-18-10-11-20-53(51)60(54)49-34-47(41-15-6-5-7-16-41)33-48(35-49)42-28-30-62-31-29-42/h24,37,39,41-43,46-50,52,54-60,62H,2,5-23,25-36,38H2,1,3-4H3. The zero-order valence-electron chi connectivity index (χ0n) is 40.8. The van der Waals surface area contributed by atoms with Gasteiger partial charge in [-0.15, -0.1) is 0 Å². The Morgan fingerprint density at radius 1 is 0.597 bits per heavy atom. The van der Waals surface area contributed by atoms with E-state index in [2.05, 4.69) is 43.8 Å². The van der Waals surface area contributed by atoms with Gasteiger partial charge in [0.15, 0.2) is 0 Å². The number of hydrogen-bond donors (Lipinski definition) is 1. The number of allylic oxidation sites excluding steroid dienone is 7. The Labute approximate surface area is 382 Å². The van der Waals surface area contributed by atoms with Gasteiger partial charge in [0.2, 0.25) is 0 Å². The maximum absolute atomic E-state index is 5.08. The average molecular weight is 842 g/mol. The first-order chi connectivity index (χ1) is 30.3. The lowest BCUT2D eigenvalue weighted by atomic mass is 9.58. The van der Waals surface area contributed by atoms with Crippen LogP contribution in [-0.2, 0) is 0 Å². The van der Waals surface area contributed by atoms with Gasteiger partial charge in [0.1, 0.15) is 0 Å². The van der Waals surface area contributed by atoms with E-state index >= 15 is 0 Å². The van der Waals surface area contributed by atoms with Crippen molar-refractivity contribution in [2.45, 2.75) is 213 Å². The minimum Gasteiger partial charge on any atom is -0.317 e. The van der Waals surface area contributed by atoms with Gasteiger partial charge in [0.05, 0.1) is 0 Å². The molecule has 0 radical (unpaired) electrons. The highest BCUT2D eigenvalue weighted by molar-refractivity contribution is 5.41. The fourth-order valence-electron chi connectivity index (χ4n) is 20.3. The summed E-state index contributed by atoms with van der Waals surface area (Å²) in [5, 5.41) is 3.74. The molecule has 11 rings (SSSR count). The van der Waals surface area contributed by atoms with E-state index in [1.807, 2.05) is 16.7 Å². The molecule has 1 N–H and O–H groups in total. The third kappa shape index (κ3) is 8.24. The van der Waals surface area contributed by atoms with E-state index in [4.69, 9.17) is 6.58 Å². The van der Waals surface area contributed by atoms with Crippen molar-refractivity contribution in [2.24, 2.45) is 106 Å². The Morgan fingerprint density at radius 2 is 1.27 bits per heavy atom. The Hall–Kier alpha value is -1.08. The van der Waals surface area contributed by atoms with Gasteiger partial charge in [-0.1, -0.05) is 120 Å². The van der Waals surface area contributed by atoms with Gasteiger partial charge in [0.25, 0.3) is 0 Å². The molecule has 0 aromatic rings. The summed E-state index contributed by atoms with van der Waals surface area (Å²) in [4.78, 5) is 0. The van der Waals surface area contributed by atoms with Crippen LogP contribution in [0.4, 0.5) is 0 Å². The molecule has 62 heavy (non-hydrogen) atoms. The fraction of sp³-hybridized carbons (Fsp3) is 0.869. The van der Waals surface area contributed by atoms with Crippen molar-refractivity contribution in [1.29, 1.82) is 0 Å². The van der Waals surface area contributed by atoms with Gasteiger partial charge < -0.3 is 5.32 Å². The van der Waals surface area contributed by atoms with Crippen LogP contribution in [0.2, 0.25) is 0 Å². The minimum atomic E-state index is 0.570. The molecule has 1 heteroatoms. The summed E-state index contributed by atoms with van der Waals surface area (Å²) in [7, 11) is 0. The predicted molar refractivity (Wildman–Crippen MR) is 262 cm³/mol. The molecule has 344 valence electrons. The number of fused-ring (bicyclic) bond motifs is 5. The molecule has 0 aromatic heterocycles. The van der Waals surface area contributed by atoms with Crippen molar-refractivity contribution < 1.29 is 0 Å². The first-order valence-corrected chi connectivity index (χ1v) is 28.8. The zero-order valence-corrected chi connectivity index (χ0v) is 40.8. The lowest BCUT2D eigenvalue weighted by Gasteiger charge is -2.47. The molecule has 1 nitrogen and oxygen atoms in total. The van der Waals surface area contributed by atoms with E-state index in [0.717, 1.165) is 101 Å². The van der Waals surface area contributed by atoms with Gasteiger partial charge in [-0.05, 0) is 259 Å². The third-order valence-electron chi connectivity index (χ3n) is 23.2. The second kappa shape index (κ2) is 18.5. The summed E-state index contributed by atoms with van der Waals surface area (Å²) < 4.78 is 0. The summed E-state index contributed by atoms with van der Waals surface area (Å²) >= 11 is 0. The predicted octanol–water partition coefficient (Wildman–Crippen LogP) is 16.7. The highest BCUT2D eigenvalue weighted by atomic mass is 14.9. The number of piperidine rings is 1. The van der Waals surface area contributed by atoms with Crippen LogP contribution in [-0.4, -0.2) is 13.1 Å². The normalized spacial score (nSPS) is 45.3. The maximum Gasteiger partial charge on any atom is -0.00462 e. The van der Waals surface area contributed by atoms with Gasteiger partial charge in [-0.3, -0.25) is 0 Å². The first kappa shape index (κ1) is 43.5. The van der Waals surface area contributed by atoms with Crippen LogP contribution in [0.25, 0.3) is 0 Å². The van der Waals surface area contributed by atoms with E-state index in [1.165, 1.54) is 174 Å². The highest BCUT2D eigenvalue weighted by Crippen LogP contribution is 2.65. The van der Waals surface area contributed by atoms with Gasteiger partial charge in [-0.2, -0.15) is 0 Å². The Bertz CT molecular complexity index is 1650. The smallest absolute Gasteiger partial charge is 0.00462 e. The lowest BCUT2D eigenvalue weighted by Crippen LogP contribution is -2.40. The van der Waals surface area contributed by atoms with E-state index in [9.17, 15) is 0 Å². The molecule has 7 fully saturated rings. The molecule has 0 bridgehead atoms. The Balaban J connectivity index is 0.823. The first-order valence-electron chi connectivity index (χ1n) is 28.8. The maximum atomic E-state index is 5.08. The summed E-state index contributed by atoms with van der Waals surface area (Å²) in [5.41, 5.74) is 10.1. The molecular weight excluding hydrogens is 747 g/mol. The molecule has 15 atom stereocenters. The van der Waals surface area contributed by atoms with Crippen LogP contribution in [0.1, 0.15) is 213 Å². The number of nitrogens with one attached hydrogen (secondary N) is 1. The van der Waals surface area contributed by atoms with Gasteiger partial charge >= 0.3 is 0 Å². The highest BCUT2D eigenvalue weighted by Gasteiger charge is 2.57.